The molecule has 7 nitrogen and oxygen atoms in total. The maximum absolute atomic E-state index is 12.9. The molecule has 2 N–H and O–H groups in total. The van der Waals surface area contributed by atoms with E-state index in [9.17, 15) is 14.4 Å². The summed E-state index contributed by atoms with van der Waals surface area (Å²) in [6.07, 6.45) is 0.355. The van der Waals surface area contributed by atoms with E-state index in [0.29, 0.717) is 17.7 Å². The highest BCUT2D eigenvalue weighted by Gasteiger charge is 2.52. The Morgan fingerprint density at radius 2 is 1.78 bits per heavy atom. The van der Waals surface area contributed by atoms with Crippen molar-refractivity contribution in [2.75, 3.05) is 6.61 Å². The van der Waals surface area contributed by atoms with E-state index in [1.165, 1.54) is 0 Å². The molecule has 1 saturated heterocycles. The number of para-hydroxylation sites is 1. The number of hydrazine groups is 1. The Morgan fingerprint density at radius 3 is 2.44 bits per heavy atom. The topological polar surface area (TPSA) is 87.7 Å². The number of carbonyl (C=O) groups is 3. The van der Waals surface area contributed by atoms with Gasteiger partial charge in [0.15, 0.2) is 6.61 Å². The molecule has 3 rings (SSSR count). The second-order valence-electron chi connectivity index (χ2n) is 6.28. The van der Waals surface area contributed by atoms with E-state index >= 15 is 0 Å². The van der Waals surface area contributed by atoms with Crippen molar-refractivity contribution in [1.82, 2.24) is 15.8 Å². The van der Waals surface area contributed by atoms with Gasteiger partial charge in [0, 0.05) is 0 Å². The van der Waals surface area contributed by atoms with Gasteiger partial charge in [0.2, 0.25) is 0 Å². The average molecular weight is 367 g/mol. The maximum atomic E-state index is 12.9. The van der Waals surface area contributed by atoms with Crippen molar-refractivity contribution in [1.29, 1.82) is 0 Å². The molecule has 1 fully saturated rings. The maximum Gasteiger partial charge on any atom is 0.344 e. The summed E-state index contributed by atoms with van der Waals surface area (Å²) in [7, 11) is 0. The van der Waals surface area contributed by atoms with Crippen LogP contribution >= 0.6 is 0 Å². The number of nitrogens with zero attached hydrogens (tertiary/aromatic N) is 1. The third kappa shape index (κ3) is 3.48. The van der Waals surface area contributed by atoms with Gasteiger partial charge < -0.3 is 10.1 Å². The van der Waals surface area contributed by atoms with Crippen LogP contribution in [0.15, 0.2) is 54.6 Å². The Labute approximate surface area is 157 Å². The van der Waals surface area contributed by atoms with Crippen LogP contribution in [0.25, 0.3) is 0 Å². The van der Waals surface area contributed by atoms with Crippen molar-refractivity contribution in [3.8, 4) is 5.75 Å². The SMILES string of the molecule is CC[C@@]1(c2ccccc2)NC(=O)N(NC(=O)COc2ccccc2C)C1=O. The summed E-state index contributed by atoms with van der Waals surface area (Å²) >= 11 is 0. The van der Waals surface area contributed by atoms with Gasteiger partial charge in [0.25, 0.3) is 11.8 Å². The van der Waals surface area contributed by atoms with Crippen LogP contribution in [0.4, 0.5) is 4.79 Å². The number of ether oxygens (including phenoxy) is 1. The van der Waals surface area contributed by atoms with Crippen LogP contribution in [0.2, 0.25) is 0 Å². The lowest BCUT2D eigenvalue weighted by Gasteiger charge is -2.25. The zero-order valence-corrected chi connectivity index (χ0v) is 15.2. The normalized spacial score (nSPS) is 19.0. The van der Waals surface area contributed by atoms with Crippen molar-refractivity contribution < 1.29 is 19.1 Å². The summed E-state index contributed by atoms with van der Waals surface area (Å²) in [4.78, 5) is 37.5. The first kappa shape index (κ1) is 18.4. The molecule has 0 aliphatic carbocycles. The van der Waals surface area contributed by atoms with E-state index in [2.05, 4.69) is 10.7 Å². The van der Waals surface area contributed by atoms with Crippen LogP contribution < -0.4 is 15.5 Å². The highest BCUT2D eigenvalue weighted by molar-refractivity contribution is 6.08. The van der Waals surface area contributed by atoms with Gasteiger partial charge in [-0.3, -0.25) is 15.0 Å². The standard InChI is InChI=1S/C20H21N3O4/c1-3-20(15-10-5-4-6-11-15)18(25)23(19(26)21-20)22-17(24)13-27-16-12-8-7-9-14(16)2/h4-12H,3,13H2,1-2H3,(H,21,26)(H,22,24)/t20-/m0/s1. The fourth-order valence-corrected chi connectivity index (χ4v) is 3.06. The first-order chi connectivity index (χ1) is 13.0. The first-order valence-electron chi connectivity index (χ1n) is 8.68. The average Bonchev–Trinajstić information content (AvgIpc) is 2.93. The van der Waals surface area contributed by atoms with E-state index in [-0.39, 0.29) is 6.61 Å². The summed E-state index contributed by atoms with van der Waals surface area (Å²) in [5.74, 6) is -0.552. The molecule has 27 heavy (non-hydrogen) atoms. The van der Waals surface area contributed by atoms with Gasteiger partial charge in [0.1, 0.15) is 11.3 Å². The Morgan fingerprint density at radius 1 is 1.11 bits per heavy atom. The number of hydrogen-bond donors (Lipinski definition) is 2. The molecule has 0 saturated carbocycles. The van der Waals surface area contributed by atoms with Crippen LogP contribution in [-0.2, 0) is 15.1 Å². The molecule has 140 valence electrons. The number of amides is 4. The molecule has 2 aromatic rings. The molecule has 1 heterocycles. The van der Waals surface area contributed by atoms with E-state index in [1.54, 1.807) is 43.3 Å². The van der Waals surface area contributed by atoms with Crippen LogP contribution in [-0.4, -0.2) is 29.5 Å². The molecule has 1 atom stereocenters. The van der Waals surface area contributed by atoms with Gasteiger partial charge in [-0.2, -0.15) is 5.01 Å². The number of benzene rings is 2. The third-order valence-corrected chi connectivity index (χ3v) is 4.58. The minimum atomic E-state index is -1.19. The second-order valence-corrected chi connectivity index (χ2v) is 6.28. The highest BCUT2D eigenvalue weighted by atomic mass is 16.5. The van der Waals surface area contributed by atoms with Crippen molar-refractivity contribution in [2.24, 2.45) is 0 Å². The minimum absolute atomic E-state index is 0.313. The van der Waals surface area contributed by atoms with Crippen LogP contribution in [0.1, 0.15) is 24.5 Å². The summed E-state index contributed by atoms with van der Waals surface area (Å²) in [6, 6.07) is 15.6. The van der Waals surface area contributed by atoms with Crippen LogP contribution in [0.5, 0.6) is 5.75 Å². The fourth-order valence-electron chi connectivity index (χ4n) is 3.06. The number of nitrogens with one attached hydrogen (secondary N) is 2. The van der Waals surface area contributed by atoms with Gasteiger partial charge in [-0.15, -0.1) is 0 Å². The molecule has 0 unspecified atom stereocenters. The number of aryl methyl sites for hydroxylation is 1. The number of rotatable bonds is 6. The lowest BCUT2D eigenvalue weighted by Crippen LogP contribution is -2.49. The fraction of sp³-hybridized carbons (Fsp3) is 0.250. The van der Waals surface area contributed by atoms with Crippen molar-refractivity contribution in [3.05, 3.63) is 65.7 Å². The number of carbonyl (C=O) groups excluding carboxylic acids is 3. The second kappa shape index (κ2) is 7.49. The molecule has 0 bridgehead atoms. The summed E-state index contributed by atoms with van der Waals surface area (Å²) in [6.45, 7) is 3.35. The molecule has 4 amide bonds. The number of imide groups is 1. The molecule has 0 spiro atoms. The monoisotopic (exact) mass is 367 g/mol. The molecule has 0 radical (unpaired) electrons. The van der Waals surface area contributed by atoms with Crippen molar-refractivity contribution in [2.45, 2.75) is 25.8 Å². The van der Waals surface area contributed by atoms with Crippen molar-refractivity contribution >= 4 is 17.8 Å². The first-order valence-corrected chi connectivity index (χ1v) is 8.68. The van der Waals surface area contributed by atoms with E-state index in [0.717, 1.165) is 10.6 Å². The van der Waals surface area contributed by atoms with Crippen LogP contribution in [0.3, 0.4) is 0 Å². The predicted molar refractivity (Wildman–Crippen MR) is 98.6 cm³/mol. The Hall–Kier alpha value is -3.35. The molecule has 1 aliphatic rings. The zero-order chi connectivity index (χ0) is 19.4. The van der Waals surface area contributed by atoms with Crippen molar-refractivity contribution in [3.63, 3.8) is 0 Å². The van der Waals surface area contributed by atoms with E-state index < -0.39 is 23.4 Å². The smallest absolute Gasteiger partial charge is 0.344 e. The van der Waals surface area contributed by atoms with Gasteiger partial charge >= 0.3 is 6.03 Å². The lowest BCUT2D eigenvalue weighted by molar-refractivity contribution is -0.140. The minimum Gasteiger partial charge on any atom is -0.483 e. The molecule has 2 aromatic carbocycles. The molecular formula is C20H21N3O4. The Kier molecular flexibility index (Phi) is 5.12. The van der Waals surface area contributed by atoms with Gasteiger partial charge in [0.05, 0.1) is 0 Å². The lowest BCUT2D eigenvalue weighted by atomic mass is 9.87. The molecule has 0 aromatic heterocycles. The zero-order valence-electron chi connectivity index (χ0n) is 15.2. The Bertz CT molecular complexity index is 869. The molecule has 7 heteroatoms. The summed E-state index contributed by atoms with van der Waals surface area (Å²) in [5, 5.41) is 3.43. The highest BCUT2D eigenvalue weighted by Crippen LogP contribution is 2.31. The predicted octanol–water partition coefficient (Wildman–Crippen LogP) is 2.26. The van der Waals surface area contributed by atoms with E-state index in [1.807, 2.05) is 25.1 Å². The molecule has 1 aliphatic heterocycles. The largest absolute Gasteiger partial charge is 0.483 e. The Balaban J connectivity index is 1.70. The third-order valence-electron chi connectivity index (χ3n) is 4.58. The van der Waals surface area contributed by atoms with Gasteiger partial charge in [-0.05, 0) is 30.5 Å². The van der Waals surface area contributed by atoms with E-state index in [4.69, 9.17) is 4.74 Å². The molecular weight excluding hydrogens is 346 g/mol. The van der Waals surface area contributed by atoms with Gasteiger partial charge in [-0.1, -0.05) is 55.5 Å². The summed E-state index contributed by atoms with van der Waals surface area (Å²) < 4.78 is 5.46. The number of hydrogen-bond acceptors (Lipinski definition) is 4. The summed E-state index contributed by atoms with van der Waals surface area (Å²) in [5.41, 5.74) is 2.69. The van der Waals surface area contributed by atoms with Crippen LogP contribution in [0, 0.1) is 6.92 Å². The van der Waals surface area contributed by atoms with Gasteiger partial charge in [-0.25, -0.2) is 4.79 Å². The quantitative estimate of drug-likeness (QED) is 0.767. The number of urea groups is 1.